The Morgan fingerprint density at radius 3 is 2.55 bits per heavy atom. The number of unbranched alkanes of at least 4 members (excludes halogenated alkanes) is 1. The molecule has 0 heterocycles. The molecule has 0 bridgehead atoms. The van der Waals surface area contributed by atoms with Crippen molar-refractivity contribution in [1.29, 1.82) is 0 Å². The van der Waals surface area contributed by atoms with Gasteiger partial charge in [-0.25, -0.2) is 0 Å². The van der Waals surface area contributed by atoms with Crippen LogP contribution in [0.15, 0.2) is 66.7 Å². The summed E-state index contributed by atoms with van der Waals surface area (Å²) >= 11 is 0. The molecular formula is C24H24BNO3. The van der Waals surface area contributed by atoms with Crippen LogP contribution in [0, 0.1) is 0 Å². The lowest BCUT2D eigenvalue weighted by molar-refractivity contribution is 0.102. The van der Waals surface area contributed by atoms with Gasteiger partial charge in [0.1, 0.15) is 13.6 Å². The van der Waals surface area contributed by atoms with Gasteiger partial charge in [0.2, 0.25) is 0 Å². The van der Waals surface area contributed by atoms with Crippen molar-refractivity contribution in [1.82, 2.24) is 0 Å². The van der Waals surface area contributed by atoms with E-state index in [9.17, 15) is 9.59 Å². The van der Waals surface area contributed by atoms with Crippen molar-refractivity contribution >= 4 is 31.2 Å². The van der Waals surface area contributed by atoms with Gasteiger partial charge >= 0.3 is 0 Å². The van der Waals surface area contributed by atoms with Gasteiger partial charge in [0.25, 0.3) is 5.91 Å². The van der Waals surface area contributed by atoms with E-state index < -0.39 is 0 Å². The molecule has 146 valence electrons. The highest BCUT2D eigenvalue weighted by molar-refractivity contribution is 6.33. The Balaban J connectivity index is 1.90. The molecule has 0 saturated carbocycles. The van der Waals surface area contributed by atoms with E-state index in [1.807, 2.05) is 62.4 Å². The zero-order valence-electron chi connectivity index (χ0n) is 16.8. The van der Waals surface area contributed by atoms with Gasteiger partial charge in [-0.2, -0.15) is 0 Å². The Morgan fingerprint density at radius 2 is 1.83 bits per heavy atom. The number of aldehydes is 1. The molecule has 1 amide bonds. The summed E-state index contributed by atoms with van der Waals surface area (Å²) in [6, 6.07) is 20.8. The molecule has 0 aromatic heterocycles. The van der Waals surface area contributed by atoms with Crippen LogP contribution in [0.5, 0.6) is 5.75 Å². The molecule has 29 heavy (non-hydrogen) atoms. The van der Waals surface area contributed by atoms with Crippen molar-refractivity contribution in [3.05, 3.63) is 77.9 Å². The standard InChI is InChI=1S/C24H24BNO3/c1-2-3-13-29-23-12-11-20(25)15-21(23)24(28)26-22-14-18(9-10-19(22)16-27)17-7-5-4-6-8-17/h4-12,14-16H,2-3,13,25H2,1H3,(H,26,28). The summed E-state index contributed by atoms with van der Waals surface area (Å²) in [5, 5.41) is 2.90. The lowest BCUT2D eigenvalue weighted by Gasteiger charge is -2.14. The first-order valence-electron chi connectivity index (χ1n) is 9.82. The van der Waals surface area contributed by atoms with E-state index >= 15 is 0 Å². The molecular weight excluding hydrogens is 361 g/mol. The third-order valence-electron chi connectivity index (χ3n) is 4.67. The molecule has 0 saturated heterocycles. The van der Waals surface area contributed by atoms with Gasteiger partial charge in [-0.05, 0) is 35.7 Å². The molecule has 3 aromatic carbocycles. The Labute approximate surface area is 172 Å². The van der Waals surface area contributed by atoms with Gasteiger partial charge in [0.05, 0.1) is 17.9 Å². The number of ether oxygens (including phenoxy) is 1. The van der Waals surface area contributed by atoms with Gasteiger partial charge in [0, 0.05) is 5.56 Å². The SMILES string of the molecule is Bc1ccc(OCCCC)c(C(=O)Nc2cc(-c3ccccc3)ccc2C=O)c1. The van der Waals surface area contributed by atoms with Gasteiger partial charge in [0.15, 0.2) is 6.29 Å². The summed E-state index contributed by atoms with van der Waals surface area (Å²) in [7, 11) is 1.93. The molecule has 0 aliphatic heterocycles. The smallest absolute Gasteiger partial charge is 0.259 e. The monoisotopic (exact) mass is 385 g/mol. The Hall–Kier alpha value is -3.34. The lowest BCUT2D eigenvalue weighted by atomic mass is 9.93. The van der Waals surface area contributed by atoms with Gasteiger partial charge in [-0.3, -0.25) is 9.59 Å². The van der Waals surface area contributed by atoms with E-state index in [0.717, 1.165) is 35.7 Å². The van der Waals surface area contributed by atoms with Crippen molar-refractivity contribution in [2.24, 2.45) is 0 Å². The highest BCUT2D eigenvalue weighted by atomic mass is 16.5. The maximum atomic E-state index is 13.0. The van der Waals surface area contributed by atoms with Gasteiger partial charge in [-0.1, -0.05) is 67.3 Å². The van der Waals surface area contributed by atoms with Crippen LogP contribution in [0.4, 0.5) is 5.69 Å². The second kappa shape index (κ2) is 9.74. The molecule has 3 rings (SSSR count). The minimum absolute atomic E-state index is 0.298. The predicted molar refractivity (Wildman–Crippen MR) is 120 cm³/mol. The van der Waals surface area contributed by atoms with E-state index in [0.29, 0.717) is 29.2 Å². The average Bonchev–Trinajstić information content (AvgIpc) is 2.75. The number of anilines is 1. The van der Waals surface area contributed by atoms with Crippen molar-refractivity contribution < 1.29 is 14.3 Å². The Morgan fingerprint density at radius 1 is 1.03 bits per heavy atom. The fraction of sp³-hybridized carbons (Fsp3) is 0.167. The summed E-state index contributed by atoms with van der Waals surface area (Å²) in [6.45, 7) is 2.65. The zero-order valence-corrected chi connectivity index (χ0v) is 16.8. The van der Waals surface area contributed by atoms with Crippen molar-refractivity contribution in [3.63, 3.8) is 0 Å². The maximum absolute atomic E-state index is 13.0. The molecule has 0 fully saturated rings. The van der Waals surface area contributed by atoms with Gasteiger partial charge < -0.3 is 10.1 Å². The van der Waals surface area contributed by atoms with Crippen LogP contribution in [0.2, 0.25) is 0 Å². The molecule has 0 aliphatic carbocycles. The third-order valence-corrected chi connectivity index (χ3v) is 4.67. The fourth-order valence-corrected chi connectivity index (χ4v) is 3.04. The average molecular weight is 385 g/mol. The summed E-state index contributed by atoms with van der Waals surface area (Å²) < 4.78 is 5.81. The third kappa shape index (κ3) is 5.14. The predicted octanol–water partition coefficient (Wildman–Crippen LogP) is 3.86. The highest BCUT2D eigenvalue weighted by Crippen LogP contribution is 2.26. The topological polar surface area (TPSA) is 55.4 Å². The Kier molecular flexibility index (Phi) is 6.85. The first-order chi connectivity index (χ1) is 14.1. The minimum atomic E-state index is -0.298. The lowest BCUT2D eigenvalue weighted by Crippen LogP contribution is -2.18. The largest absolute Gasteiger partial charge is 0.493 e. The van der Waals surface area contributed by atoms with E-state index in [4.69, 9.17) is 4.74 Å². The molecule has 0 radical (unpaired) electrons. The van der Waals surface area contributed by atoms with Crippen LogP contribution in [0.3, 0.4) is 0 Å². The van der Waals surface area contributed by atoms with Crippen molar-refractivity contribution in [2.45, 2.75) is 19.8 Å². The van der Waals surface area contributed by atoms with Crippen molar-refractivity contribution in [2.75, 3.05) is 11.9 Å². The number of hydrogen-bond acceptors (Lipinski definition) is 3. The van der Waals surface area contributed by atoms with Crippen molar-refractivity contribution in [3.8, 4) is 16.9 Å². The molecule has 3 aromatic rings. The maximum Gasteiger partial charge on any atom is 0.259 e. The number of benzene rings is 3. The Bertz CT molecular complexity index is 1000. The van der Waals surface area contributed by atoms with Crippen LogP contribution < -0.4 is 15.5 Å². The number of carbonyl (C=O) groups is 2. The quantitative estimate of drug-likeness (QED) is 0.364. The van der Waals surface area contributed by atoms with Crippen LogP contribution in [0.1, 0.15) is 40.5 Å². The molecule has 1 N–H and O–H groups in total. The van der Waals surface area contributed by atoms with Crippen LogP contribution in [0.25, 0.3) is 11.1 Å². The summed E-state index contributed by atoms with van der Waals surface area (Å²) in [4.78, 5) is 24.5. The van der Waals surface area contributed by atoms with Crippen LogP contribution >= 0.6 is 0 Å². The number of nitrogens with one attached hydrogen (secondary N) is 1. The van der Waals surface area contributed by atoms with E-state index in [1.165, 1.54) is 0 Å². The number of carbonyl (C=O) groups excluding carboxylic acids is 2. The molecule has 5 heteroatoms. The van der Waals surface area contributed by atoms with Crippen LogP contribution in [-0.2, 0) is 0 Å². The number of hydrogen-bond donors (Lipinski definition) is 1. The summed E-state index contributed by atoms with van der Waals surface area (Å²) in [5.41, 5.74) is 4.27. The molecule has 4 nitrogen and oxygen atoms in total. The number of rotatable bonds is 8. The van der Waals surface area contributed by atoms with E-state index in [1.54, 1.807) is 12.1 Å². The zero-order chi connectivity index (χ0) is 20.6. The summed E-state index contributed by atoms with van der Waals surface area (Å²) in [6.07, 6.45) is 2.69. The highest BCUT2D eigenvalue weighted by Gasteiger charge is 2.15. The molecule has 0 atom stereocenters. The first kappa shape index (κ1) is 20.4. The van der Waals surface area contributed by atoms with Gasteiger partial charge in [-0.15, -0.1) is 0 Å². The first-order valence-corrected chi connectivity index (χ1v) is 9.82. The second-order valence-electron chi connectivity index (χ2n) is 6.94. The second-order valence-corrected chi connectivity index (χ2v) is 6.94. The van der Waals surface area contributed by atoms with E-state index in [-0.39, 0.29) is 5.91 Å². The van der Waals surface area contributed by atoms with E-state index in [2.05, 4.69) is 12.2 Å². The normalized spacial score (nSPS) is 10.4. The van der Waals surface area contributed by atoms with Crippen LogP contribution in [-0.4, -0.2) is 26.6 Å². The summed E-state index contributed by atoms with van der Waals surface area (Å²) in [5.74, 6) is 0.252. The molecule has 0 aliphatic rings. The minimum Gasteiger partial charge on any atom is -0.493 e. The molecule has 0 spiro atoms. The molecule has 0 unspecified atom stereocenters. The number of amides is 1. The fourth-order valence-electron chi connectivity index (χ4n) is 3.04.